The van der Waals surface area contributed by atoms with Crippen LogP contribution >= 0.6 is 0 Å². The van der Waals surface area contributed by atoms with Crippen LogP contribution < -0.4 is 10.4 Å². The van der Waals surface area contributed by atoms with Crippen LogP contribution in [0.3, 0.4) is 0 Å². The second kappa shape index (κ2) is 11.4. The minimum atomic E-state index is -1.78. The number of amides is 1. The summed E-state index contributed by atoms with van der Waals surface area (Å²) in [5.74, 6) is -0.160. The second-order valence-electron chi connectivity index (χ2n) is 7.77. The fourth-order valence-corrected chi connectivity index (χ4v) is 3.34. The molecular formula is C22H31NO9. The van der Waals surface area contributed by atoms with E-state index in [1.165, 1.54) is 13.1 Å². The molecule has 4 atom stereocenters. The minimum Gasteiger partial charge on any atom is -0.483 e. The van der Waals surface area contributed by atoms with Gasteiger partial charge in [0, 0.05) is 30.6 Å². The first kappa shape index (κ1) is 25.8. The van der Waals surface area contributed by atoms with Crippen molar-refractivity contribution < 1.29 is 39.5 Å². The van der Waals surface area contributed by atoms with Gasteiger partial charge in [0.2, 0.25) is 0 Å². The van der Waals surface area contributed by atoms with Crippen molar-refractivity contribution in [1.82, 2.24) is 4.90 Å². The van der Waals surface area contributed by atoms with E-state index in [0.717, 1.165) is 28.7 Å². The number of hydrogen-bond acceptors (Lipinski definition) is 9. The van der Waals surface area contributed by atoms with Crippen LogP contribution in [-0.4, -0.2) is 87.6 Å². The fourth-order valence-electron chi connectivity index (χ4n) is 3.34. The van der Waals surface area contributed by atoms with Crippen molar-refractivity contribution in [3.8, 4) is 5.75 Å². The molecule has 0 unspecified atom stereocenters. The molecule has 0 fully saturated rings. The number of likely N-dealkylation sites (N-methyl/N-ethyl adjacent to an activating group) is 1. The lowest BCUT2D eigenvalue weighted by Gasteiger charge is -2.28. The highest BCUT2D eigenvalue weighted by Crippen LogP contribution is 2.29. The first-order chi connectivity index (χ1) is 15.1. The number of fused-ring (bicyclic) bond motifs is 1. The average Bonchev–Trinajstić information content (AvgIpc) is 2.77. The third-order valence-electron chi connectivity index (χ3n) is 5.28. The summed E-state index contributed by atoms with van der Waals surface area (Å²) in [7, 11) is 1.37. The number of rotatable bonds is 11. The normalized spacial score (nSPS) is 15.2. The third-order valence-corrected chi connectivity index (χ3v) is 5.28. The summed E-state index contributed by atoms with van der Waals surface area (Å²) in [6.07, 6.45) is -5.14. The second-order valence-corrected chi connectivity index (χ2v) is 7.77. The van der Waals surface area contributed by atoms with Crippen molar-refractivity contribution >= 4 is 16.9 Å². The lowest BCUT2D eigenvalue weighted by Crippen LogP contribution is -2.50. The summed E-state index contributed by atoms with van der Waals surface area (Å²) in [5.41, 5.74) is 1.39. The van der Waals surface area contributed by atoms with Gasteiger partial charge in [0.1, 0.15) is 35.7 Å². The van der Waals surface area contributed by atoms with Gasteiger partial charge in [0.05, 0.1) is 6.61 Å². The van der Waals surface area contributed by atoms with Gasteiger partial charge < -0.3 is 39.6 Å². The van der Waals surface area contributed by atoms with Crippen molar-refractivity contribution in [2.24, 2.45) is 0 Å². The summed E-state index contributed by atoms with van der Waals surface area (Å²) in [4.78, 5) is 25.4. The molecule has 178 valence electrons. The zero-order valence-corrected chi connectivity index (χ0v) is 18.4. The Balaban J connectivity index is 2.05. The lowest BCUT2D eigenvalue weighted by atomic mass is 10.0. The topological polar surface area (TPSA) is 161 Å². The summed E-state index contributed by atoms with van der Waals surface area (Å²) in [6.45, 7) is 2.21. The molecule has 5 N–H and O–H groups in total. The molecule has 2 rings (SSSR count). The Kier molecular flexibility index (Phi) is 9.17. The molecule has 1 heterocycles. The van der Waals surface area contributed by atoms with Gasteiger partial charge in [0.25, 0.3) is 5.91 Å². The maximum atomic E-state index is 12.4. The van der Waals surface area contributed by atoms with Gasteiger partial charge in [-0.2, -0.15) is 0 Å². The smallest absolute Gasteiger partial charge is 0.336 e. The number of aliphatic hydroxyl groups excluding tert-OH is 5. The van der Waals surface area contributed by atoms with Gasteiger partial charge in [0.15, 0.2) is 6.61 Å². The summed E-state index contributed by atoms with van der Waals surface area (Å²) >= 11 is 0. The lowest BCUT2D eigenvalue weighted by molar-refractivity contribution is -0.139. The monoisotopic (exact) mass is 453 g/mol. The molecule has 1 amide bonds. The van der Waals surface area contributed by atoms with Crippen LogP contribution in [0.5, 0.6) is 5.75 Å². The standard InChI is InChI=1S/C22H31NO9/c1-4-5-13-8-19(28)32-22-12(2)17(7-6-14(13)22)31-11-18(27)23(3)9-15(25)20(29)21(30)16(26)10-24/h6-8,15-16,20-21,24-26,29-30H,4-5,9-11H2,1-3H3/t15-,16-,20-,21+/m0/s1. The first-order valence-electron chi connectivity index (χ1n) is 10.4. The zero-order valence-electron chi connectivity index (χ0n) is 18.4. The molecule has 0 aliphatic rings. The van der Waals surface area contributed by atoms with E-state index in [-0.39, 0.29) is 13.2 Å². The Hall–Kier alpha value is -2.50. The Morgan fingerprint density at radius 3 is 2.44 bits per heavy atom. The fraction of sp³-hybridized carbons (Fsp3) is 0.545. The number of benzene rings is 1. The summed E-state index contributed by atoms with van der Waals surface area (Å²) < 4.78 is 10.9. The van der Waals surface area contributed by atoms with Gasteiger partial charge in [-0.3, -0.25) is 4.79 Å². The molecular weight excluding hydrogens is 422 g/mol. The van der Waals surface area contributed by atoms with Crippen LogP contribution in [0.2, 0.25) is 0 Å². The Bertz CT molecular complexity index is 974. The van der Waals surface area contributed by atoms with Gasteiger partial charge in [-0.25, -0.2) is 4.79 Å². The Morgan fingerprint density at radius 1 is 1.16 bits per heavy atom. The highest BCUT2D eigenvalue weighted by atomic mass is 16.5. The molecule has 0 radical (unpaired) electrons. The van der Waals surface area contributed by atoms with E-state index >= 15 is 0 Å². The minimum absolute atomic E-state index is 0.343. The van der Waals surface area contributed by atoms with E-state index in [1.54, 1.807) is 19.1 Å². The van der Waals surface area contributed by atoms with Crippen LogP contribution in [0.25, 0.3) is 11.0 Å². The maximum Gasteiger partial charge on any atom is 0.336 e. The molecule has 0 saturated carbocycles. The predicted octanol–water partition coefficient (Wildman–Crippen LogP) is -0.673. The summed E-state index contributed by atoms with van der Waals surface area (Å²) in [5, 5.41) is 48.6. The number of carbonyl (C=O) groups excluding carboxylic acids is 1. The molecule has 10 heteroatoms. The van der Waals surface area contributed by atoms with E-state index in [0.29, 0.717) is 16.9 Å². The average molecular weight is 453 g/mol. The van der Waals surface area contributed by atoms with Crippen molar-refractivity contribution in [3.63, 3.8) is 0 Å². The van der Waals surface area contributed by atoms with Crippen LogP contribution in [-0.2, 0) is 11.2 Å². The van der Waals surface area contributed by atoms with Crippen LogP contribution in [0.4, 0.5) is 0 Å². The van der Waals surface area contributed by atoms with Crippen molar-refractivity contribution in [1.29, 1.82) is 0 Å². The SMILES string of the molecule is CCCc1cc(=O)oc2c(C)c(OCC(=O)N(C)C[C@H](O)[C@H](O)[C@H](O)[C@@H](O)CO)ccc12. The Morgan fingerprint density at radius 2 is 1.81 bits per heavy atom. The molecule has 0 saturated heterocycles. The maximum absolute atomic E-state index is 12.4. The largest absolute Gasteiger partial charge is 0.483 e. The molecule has 32 heavy (non-hydrogen) atoms. The molecule has 1 aromatic carbocycles. The predicted molar refractivity (Wildman–Crippen MR) is 115 cm³/mol. The zero-order chi connectivity index (χ0) is 24.0. The molecule has 1 aromatic heterocycles. The van der Waals surface area contributed by atoms with Gasteiger partial charge in [-0.1, -0.05) is 13.3 Å². The van der Waals surface area contributed by atoms with Gasteiger partial charge in [-0.05, 0) is 31.0 Å². The first-order valence-corrected chi connectivity index (χ1v) is 10.4. The van der Waals surface area contributed by atoms with Crippen molar-refractivity contribution in [3.05, 3.63) is 39.7 Å². The highest BCUT2D eigenvalue weighted by molar-refractivity contribution is 5.85. The van der Waals surface area contributed by atoms with E-state index < -0.39 is 42.6 Å². The number of aliphatic hydroxyl groups is 5. The van der Waals surface area contributed by atoms with Gasteiger partial charge in [-0.15, -0.1) is 0 Å². The molecule has 0 bridgehead atoms. The number of ether oxygens (including phenoxy) is 1. The quantitative estimate of drug-likeness (QED) is 0.278. The third kappa shape index (κ3) is 6.05. The molecule has 0 spiro atoms. The highest BCUT2D eigenvalue weighted by Gasteiger charge is 2.31. The number of aryl methyl sites for hydroxylation is 2. The molecule has 0 aliphatic carbocycles. The number of nitrogens with zero attached hydrogens (tertiary/aromatic N) is 1. The molecule has 0 aliphatic heterocycles. The summed E-state index contributed by atoms with van der Waals surface area (Å²) in [6, 6.07) is 4.93. The Labute approximate surface area is 185 Å². The van der Waals surface area contributed by atoms with Crippen molar-refractivity contribution in [2.45, 2.75) is 51.1 Å². The number of hydrogen-bond donors (Lipinski definition) is 5. The van der Waals surface area contributed by atoms with Crippen LogP contribution in [0, 0.1) is 6.92 Å². The van der Waals surface area contributed by atoms with E-state index in [4.69, 9.17) is 14.3 Å². The number of carbonyl (C=O) groups is 1. The molecule has 2 aromatic rings. The van der Waals surface area contributed by atoms with E-state index in [1.807, 2.05) is 6.92 Å². The van der Waals surface area contributed by atoms with Crippen molar-refractivity contribution in [2.75, 3.05) is 26.8 Å². The van der Waals surface area contributed by atoms with Crippen LogP contribution in [0.15, 0.2) is 27.4 Å². The van der Waals surface area contributed by atoms with Crippen LogP contribution in [0.1, 0.15) is 24.5 Å². The van der Waals surface area contributed by atoms with E-state index in [2.05, 4.69) is 0 Å². The van der Waals surface area contributed by atoms with Gasteiger partial charge >= 0.3 is 5.63 Å². The molecule has 10 nitrogen and oxygen atoms in total. The van der Waals surface area contributed by atoms with E-state index in [9.17, 15) is 30.0 Å².